The minimum absolute atomic E-state index is 0.0111. The fourth-order valence-corrected chi connectivity index (χ4v) is 1.12. The van der Waals surface area contributed by atoms with Crippen molar-refractivity contribution in [1.29, 1.82) is 0 Å². The lowest BCUT2D eigenvalue weighted by atomic mass is 9.99. The average molecular weight is 185 g/mol. The molecule has 0 aromatic heterocycles. The summed E-state index contributed by atoms with van der Waals surface area (Å²) in [6.45, 7) is 6.98. The molecule has 1 N–H and O–H groups in total. The van der Waals surface area contributed by atoms with Crippen LogP contribution in [0.2, 0.25) is 0 Å². The number of ketones is 1. The molecule has 3 heteroatoms. The maximum Gasteiger partial charge on any atom is 0.217 e. The highest BCUT2D eigenvalue weighted by atomic mass is 16.1. The molecule has 0 aromatic rings. The third-order valence-corrected chi connectivity index (χ3v) is 2.18. The normalized spacial score (nSPS) is 14.8. The van der Waals surface area contributed by atoms with Crippen LogP contribution in [0.15, 0.2) is 0 Å². The van der Waals surface area contributed by atoms with E-state index < -0.39 is 0 Å². The first kappa shape index (κ1) is 12.1. The third-order valence-electron chi connectivity index (χ3n) is 2.18. The van der Waals surface area contributed by atoms with Gasteiger partial charge < -0.3 is 5.32 Å². The number of nitrogens with one attached hydrogen (secondary N) is 1. The lowest BCUT2D eigenvalue weighted by Gasteiger charge is -2.14. The van der Waals surface area contributed by atoms with Crippen molar-refractivity contribution in [3.8, 4) is 0 Å². The summed E-state index contributed by atoms with van der Waals surface area (Å²) in [5.41, 5.74) is 0. The van der Waals surface area contributed by atoms with Crippen LogP contribution in [0, 0.1) is 5.92 Å². The second-order valence-corrected chi connectivity index (χ2v) is 3.69. The minimum Gasteiger partial charge on any atom is -0.354 e. The van der Waals surface area contributed by atoms with Gasteiger partial charge in [-0.2, -0.15) is 0 Å². The van der Waals surface area contributed by atoms with Gasteiger partial charge in [-0.05, 0) is 26.7 Å². The summed E-state index contributed by atoms with van der Waals surface area (Å²) in [4.78, 5) is 21.5. The summed E-state index contributed by atoms with van der Waals surface area (Å²) in [6.07, 6.45) is 1.71. The highest BCUT2D eigenvalue weighted by molar-refractivity contribution is 5.77. The Bertz CT molecular complexity index is 189. The molecule has 0 radical (unpaired) electrons. The standard InChI is InChI=1S/C10H19NO2/c1-7(9(3)12)5-6-8(2)11-10(4)13/h7-8H,5-6H2,1-4H3,(H,11,13). The molecular formula is C10H19NO2. The van der Waals surface area contributed by atoms with Crippen molar-refractivity contribution in [1.82, 2.24) is 5.32 Å². The van der Waals surface area contributed by atoms with E-state index in [1.165, 1.54) is 6.92 Å². The van der Waals surface area contributed by atoms with Crippen LogP contribution in [-0.4, -0.2) is 17.7 Å². The molecule has 0 spiro atoms. The summed E-state index contributed by atoms with van der Waals surface area (Å²) >= 11 is 0. The first-order valence-corrected chi connectivity index (χ1v) is 4.71. The molecule has 13 heavy (non-hydrogen) atoms. The summed E-state index contributed by atoms with van der Waals surface area (Å²) in [5, 5.41) is 2.79. The molecule has 0 rings (SSSR count). The first-order valence-electron chi connectivity index (χ1n) is 4.71. The van der Waals surface area contributed by atoms with Crippen molar-refractivity contribution in [2.75, 3.05) is 0 Å². The van der Waals surface area contributed by atoms with E-state index in [2.05, 4.69) is 5.32 Å². The highest BCUT2D eigenvalue weighted by Crippen LogP contribution is 2.08. The largest absolute Gasteiger partial charge is 0.354 e. The van der Waals surface area contributed by atoms with Crippen LogP contribution in [0.4, 0.5) is 0 Å². The second-order valence-electron chi connectivity index (χ2n) is 3.69. The molecule has 0 bridgehead atoms. The lowest BCUT2D eigenvalue weighted by Crippen LogP contribution is -2.30. The van der Waals surface area contributed by atoms with Crippen molar-refractivity contribution < 1.29 is 9.59 Å². The molecule has 76 valence electrons. The number of Topliss-reactive ketones (excluding diaryl/α,β-unsaturated/α-hetero) is 1. The maximum absolute atomic E-state index is 10.9. The zero-order valence-electron chi connectivity index (χ0n) is 8.89. The third kappa shape index (κ3) is 6.31. The monoisotopic (exact) mass is 185 g/mol. The Balaban J connectivity index is 3.63. The fourth-order valence-electron chi connectivity index (χ4n) is 1.12. The Morgan fingerprint density at radius 3 is 2.08 bits per heavy atom. The van der Waals surface area contributed by atoms with Gasteiger partial charge in [0.2, 0.25) is 5.91 Å². The fraction of sp³-hybridized carbons (Fsp3) is 0.800. The van der Waals surface area contributed by atoms with Crippen molar-refractivity contribution in [3.05, 3.63) is 0 Å². The van der Waals surface area contributed by atoms with Gasteiger partial charge in [0.05, 0.1) is 0 Å². The zero-order chi connectivity index (χ0) is 10.4. The minimum atomic E-state index is -0.0111. The molecule has 0 aliphatic rings. The van der Waals surface area contributed by atoms with E-state index in [0.29, 0.717) is 0 Å². The van der Waals surface area contributed by atoms with E-state index in [1.54, 1.807) is 6.92 Å². The van der Waals surface area contributed by atoms with Crippen LogP contribution in [-0.2, 0) is 9.59 Å². The Kier molecular flexibility index (Phi) is 5.35. The predicted octanol–water partition coefficient (Wildman–Crippen LogP) is 1.52. The van der Waals surface area contributed by atoms with Gasteiger partial charge in [-0.3, -0.25) is 9.59 Å². The molecule has 2 atom stereocenters. The van der Waals surface area contributed by atoms with Crippen LogP contribution in [0.3, 0.4) is 0 Å². The molecule has 2 unspecified atom stereocenters. The number of carbonyl (C=O) groups excluding carboxylic acids is 2. The quantitative estimate of drug-likeness (QED) is 0.705. The molecule has 0 aliphatic heterocycles. The van der Waals surface area contributed by atoms with Gasteiger partial charge in [0.15, 0.2) is 0 Å². The Hall–Kier alpha value is -0.860. The van der Waals surface area contributed by atoms with Crippen molar-refractivity contribution >= 4 is 11.7 Å². The van der Waals surface area contributed by atoms with E-state index in [9.17, 15) is 9.59 Å². The van der Waals surface area contributed by atoms with E-state index in [0.717, 1.165) is 12.8 Å². The summed E-state index contributed by atoms with van der Waals surface area (Å²) in [7, 11) is 0. The Labute approximate surface area is 79.9 Å². The number of hydrogen-bond acceptors (Lipinski definition) is 2. The van der Waals surface area contributed by atoms with Gasteiger partial charge in [-0.15, -0.1) is 0 Å². The smallest absolute Gasteiger partial charge is 0.217 e. The molecule has 0 heterocycles. The Morgan fingerprint density at radius 1 is 1.15 bits per heavy atom. The van der Waals surface area contributed by atoms with E-state index in [4.69, 9.17) is 0 Å². The van der Waals surface area contributed by atoms with Crippen LogP contribution in [0.25, 0.3) is 0 Å². The molecule has 1 amide bonds. The van der Waals surface area contributed by atoms with Crippen LogP contribution in [0.1, 0.15) is 40.5 Å². The molecule has 0 saturated carbocycles. The molecule has 0 saturated heterocycles. The Morgan fingerprint density at radius 2 is 1.69 bits per heavy atom. The second kappa shape index (κ2) is 5.73. The van der Waals surface area contributed by atoms with E-state index >= 15 is 0 Å². The molecule has 0 aromatic carbocycles. The van der Waals surface area contributed by atoms with Crippen LogP contribution in [0.5, 0.6) is 0 Å². The first-order chi connectivity index (χ1) is 5.93. The van der Waals surface area contributed by atoms with Gasteiger partial charge in [-0.25, -0.2) is 0 Å². The van der Waals surface area contributed by atoms with Gasteiger partial charge in [-0.1, -0.05) is 6.92 Å². The molecular weight excluding hydrogens is 166 g/mol. The number of carbonyl (C=O) groups is 2. The topological polar surface area (TPSA) is 46.2 Å². The summed E-state index contributed by atoms with van der Waals surface area (Å²) in [5.74, 6) is 0.314. The van der Waals surface area contributed by atoms with Crippen LogP contribution >= 0.6 is 0 Å². The van der Waals surface area contributed by atoms with Crippen LogP contribution < -0.4 is 5.32 Å². The van der Waals surface area contributed by atoms with E-state index in [1.807, 2.05) is 13.8 Å². The van der Waals surface area contributed by atoms with Crippen molar-refractivity contribution in [2.24, 2.45) is 5.92 Å². The molecule has 3 nitrogen and oxygen atoms in total. The average Bonchev–Trinajstić information content (AvgIpc) is 1.98. The number of rotatable bonds is 5. The van der Waals surface area contributed by atoms with Gasteiger partial charge >= 0.3 is 0 Å². The summed E-state index contributed by atoms with van der Waals surface area (Å²) < 4.78 is 0. The number of amides is 1. The lowest BCUT2D eigenvalue weighted by molar-refractivity contribution is -0.120. The van der Waals surface area contributed by atoms with Gasteiger partial charge in [0, 0.05) is 18.9 Å². The van der Waals surface area contributed by atoms with E-state index in [-0.39, 0.29) is 23.7 Å². The maximum atomic E-state index is 10.9. The van der Waals surface area contributed by atoms with Gasteiger partial charge in [0.1, 0.15) is 5.78 Å². The van der Waals surface area contributed by atoms with Crippen molar-refractivity contribution in [3.63, 3.8) is 0 Å². The van der Waals surface area contributed by atoms with Crippen molar-refractivity contribution in [2.45, 2.75) is 46.6 Å². The zero-order valence-corrected chi connectivity index (χ0v) is 8.89. The summed E-state index contributed by atoms with van der Waals surface area (Å²) in [6, 6.07) is 0.166. The SMILES string of the molecule is CC(=O)NC(C)CCC(C)C(C)=O. The molecule has 0 fully saturated rings. The van der Waals surface area contributed by atoms with Gasteiger partial charge in [0.25, 0.3) is 0 Å². The highest BCUT2D eigenvalue weighted by Gasteiger charge is 2.10. The predicted molar refractivity (Wildman–Crippen MR) is 52.4 cm³/mol. The number of hydrogen-bond donors (Lipinski definition) is 1. The molecule has 0 aliphatic carbocycles.